The maximum Gasteiger partial charge on any atom is 0.338 e. The zero-order valence-electron chi connectivity index (χ0n) is 15.3. The van der Waals surface area contributed by atoms with Gasteiger partial charge in [-0.2, -0.15) is 0 Å². The number of hydrogen-bond donors (Lipinski definition) is 1. The SMILES string of the molecule is CC[C@H](C)c1ccccc1NC(=O)COC(=O)c1ccc(C)cc1C. The highest BCUT2D eigenvalue weighted by Crippen LogP contribution is 2.26. The molecule has 0 heterocycles. The van der Waals surface area contributed by atoms with Crippen LogP contribution in [0.25, 0.3) is 0 Å². The fourth-order valence-electron chi connectivity index (χ4n) is 2.70. The molecule has 0 spiro atoms. The van der Waals surface area contributed by atoms with E-state index in [1.165, 1.54) is 0 Å². The third-order valence-electron chi connectivity index (χ3n) is 4.31. The number of ether oxygens (including phenoxy) is 1. The van der Waals surface area contributed by atoms with Crippen molar-refractivity contribution in [1.82, 2.24) is 0 Å². The van der Waals surface area contributed by atoms with E-state index in [1.807, 2.05) is 50.2 Å². The van der Waals surface area contributed by atoms with Crippen LogP contribution in [0.3, 0.4) is 0 Å². The number of esters is 1. The Kier molecular flexibility index (Phi) is 6.34. The first-order chi connectivity index (χ1) is 11.9. The minimum atomic E-state index is -0.483. The van der Waals surface area contributed by atoms with E-state index in [0.717, 1.165) is 28.8 Å². The summed E-state index contributed by atoms with van der Waals surface area (Å²) in [6.07, 6.45) is 0.981. The zero-order valence-corrected chi connectivity index (χ0v) is 15.3. The molecular weight excluding hydrogens is 314 g/mol. The number of rotatable bonds is 6. The lowest BCUT2D eigenvalue weighted by Gasteiger charge is -2.15. The molecule has 4 nitrogen and oxygen atoms in total. The van der Waals surface area contributed by atoms with Gasteiger partial charge in [0, 0.05) is 5.69 Å². The molecule has 1 atom stereocenters. The molecule has 2 rings (SSSR count). The van der Waals surface area contributed by atoms with E-state index in [9.17, 15) is 9.59 Å². The summed E-state index contributed by atoms with van der Waals surface area (Å²) in [7, 11) is 0. The predicted molar refractivity (Wildman–Crippen MR) is 100.0 cm³/mol. The Morgan fingerprint density at radius 1 is 1.12 bits per heavy atom. The van der Waals surface area contributed by atoms with Crippen LogP contribution in [0.5, 0.6) is 0 Å². The Labute approximate surface area is 149 Å². The zero-order chi connectivity index (χ0) is 18.4. The molecule has 0 aliphatic carbocycles. The van der Waals surface area contributed by atoms with Crippen LogP contribution in [0.4, 0.5) is 5.69 Å². The monoisotopic (exact) mass is 339 g/mol. The minimum absolute atomic E-state index is 0.305. The van der Waals surface area contributed by atoms with E-state index in [4.69, 9.17) is 4.74 Å². The minimum Gasteiger partial charge on any atom is -0.452 e. The number of para-hydroxylation sites is 1. The summed E-state index contributed by atoms with van der Waals surface area (Å²) in [5.41, 5.74) is 4.25. The van der Waals surface area contributed by atoms with Crippen LogP contribution >= 0.6 is 0 Å². The van der Waals surface area contributed by atoms with Gasteiger partial charge in [-0.1, -0.05) is 49.7 Å². The first-order valence-electron chi connectivity index (χ1n) is 8.55. The summed E-state index contributed by atoms with van der Waals surface area (Å²) >= 11 is 0. The molecular formula is C21H25NO3. The van der Waals surface area contributed by atoms with Gasteiger partial charge in [0.05, 0.1) is 5.56 Å². The van der Waals surface area contributed by atoms with E-state index in [0.29, 0.717) is 11.5 Å². The molecule has 0 aliphatic heterocycles. The van der Waals surface area contributed by atoms with Crippen LogP contribution < -0.4 is 5.32 Å². The summed E-state index contributed by atoms with van der Waals surface area (Å²) in [4.78, 5) is 24.3. The number of carbonyl (C=O) groups excluding carboxylic acids is 2. The molecule has 0 bridgehead atoms. The quantitative estimate of drug-likeness (QED) is 0.782. The molecule has 132 valence electrons. The van der Waals surface area contributed by atoms with Gasteiger partial charge in [0.15, 0.2) is 6.61 Å². The summed E-state index contributed by atoms with van der Waals surface area (Å²) in [6, 6.07) is 13.2. The molecule has 0 unspecified atom stereocenters. The molecule has 0 fully saturated rings. The Morgan fingerprint density at radius 2 is 1.84 bits per heavy atom. The molecule has 0 radical (unpaired) electrons. The summed E-state index contributed by atoms with van der Waals surface area (Å²) in [6.45, 7) is 7.73. The average Bonchev–Trinajstić information content (AvgIpc) is 2.59. The van der Waals surface area contributed by atoms with Gasteiger partial charge in [0.1, 0.15) is 0 Å². The predicted octanol–water partition coefficient (Wildman–Crippen LogP) is 4.61. The number of benzene rings is 2. The third-order valence-corrected chi connectivity index (χ3v) is 4.31. The van der Waals surface area contributed by atoms with Crippen molar-refractivity contribution in [3.63, 3.8) is 0 Å². The maximum absolute atomic E-state index is 12.2. The van der Waals surface area contributed by atoms with Crippen LogP contribution in [0.2, 0.25) is 0 Å². The van der Waals surface area contributed by atoms with E-state index >= 15 is 0 Å². The summed E-state index contributed by atoms with van der Waals surface area (Å²) in [5, 5.41) is 2.84. The number of aryl methyl sites for hydroxylation is 2. The van der Waals surface area contributed by atoms with Gasteiger partial charge >= 0.3 is 5.97 Å². The van der Waals surface area contributed by atoms with Crippen LogP contribution in [0.15, 0.2) is 42.5 Å². The van der Waals surface area contributed by atoms with E-state index in [-0.39, 0.29) is 12.5 Å². The van der Waals surface area contributed by atoms with Crippen molar-refractivity contribution in [2.24, 2.45) is 0 Å². The van der Waals surface area contributed by atoms with Crippen molar-refractivity contribution < 1.29 is 14.3 Å². The van der Waals surface area contributed by atoms with Gasteiger partial charge in [-0.15, -0.1) is 0 Å². The van der Waals surface area contributed by atoms with Crippen LogP contribution in [-0.4, -0.2) is 18.5 Å². The lowest BCUT2D eigenvalue weighted by Crippen LogP contribution is -2.22. The van der Waals surface area contributed by atoms with Crippen molar-refractivity contribution >= 4 is 17.6 Å². The first-order valence-corrected chi connectivity index (χ1v) is 8.55. The molecule has 1 N–H and O–H groups in total. The lowest BCUT2D eigenvalue weighted by molar-refractivity contribution is -0.119. The Hall–Kier alpha value is -2.62. The topological polar surface area (TPSA) is 55.4 Å². The van der Waals surface area contributed by atoms with Crippen molar-refractivity contribution in [2.75, 3.05) is 11.9 Å². The highest BCUT2D eigenvalue weighted by atomic mass is 16.5. The number of carbonyl (C=O) groups is 2. The average molecular weight is 339 g/mol. The molecule has 4 heteroatoms. The fraction of sp³-hybridized carbons (Fsp3) is 0.333. The van der Waals surface area contributed by atoms with E-state index < -0.39 is 5.97 Å². The van der Waals surface area contributed by atoms with Gasteiger partial charge < -0.3 is 10.1 Å². The van der Waals surface area contributed by atoms with Crippen molar-refractivity contribution in [3.8, 4) is 0 Å². The first kappa shape index (κ1) is 18.7. The van der Waals surface area contributed by atoms with Crippen molar-refractivity contribution in [1.29, 1.82) is 0 Å². The molecule has 2 aromatic carbocycles. The molecule has 0 saturated heterocycles. The van der Waals surface area contributed by atoms with Gasteiger partial charge in [0.25, 0.3) is 5.91 Å². The highest BCUT2D eigenvalue weighted by molar-refractivity contribution is 5.96. The molecule has 2 aromatic rings. The smallest absolute Gasteiger partial charge is 0.338 e. The van der Waals surface area contributed by atoms with Crippen LogP contribution in [-0.2, 0) is 9.53 Å². The second-order valence-electron chi connectivity index (χ2n) is 6.34. The number of amides is 1. The van der Waals surface area contributed by atoms with Gasteiger partial charge in [-0.25, -0.2) is 4.79 Å². The van der Waals surface area contributed by atoms with Crippen molar-refractivity contribution in [3.05, 3.63) is 64.7 Å². The number of hydrogen-bond acceptors (Lipinski definition) is 3. The second-order valence-corrected chi connectivity index (χ2v) is 6.34. The fourth-order valence-corrected chi connectivity index (χ4v) is 2.70. The molecule has 0 aromatic heterocycles. The Balaban J connectivity index is 1.98. The molecule has 0 aliphatic rings. The summed E-state index contributed by atoms with van der Waals surface area (Å²) in [5.74, 6) is -0.481. The van der Waals surface area contributed by atoms with E-state index in [1.54, 1.807) is 6.07 Å². The lowest BCUT2D eigenvalue weighted by atomic mass is 9.97. The largest absolute Gasteiger partial charge is 0.452 e. The Bertz CT molecular complexity index is 767. The van der Waals surface area contributed by atoms with Crippen LogP contribution in [0.1, 0.15) is 53.2 Å². The van der Waals surface area contributed by atoms with Gasteiger partial charge in [0.2, 0.25) is 0 Å². The highest BCUT2D eigenvalue weighted by Gasteiger charge is 2.14. The number of anilines is 1. The van der Waals surface area contributed by atoms with Crippen LogP contribution in [0, 0.1) is 13.8 Å². The molecule has 1 amide bonds. The van der Waals surface area contributed by atoms with E-state index in [2.05, 4.69) is 19.2 Å². The third kappa shape index (κ3) is 4.92. The maximum atomic E-state index is 12.2. The Morgan fingerprint density at radius 3 is 2.52 bits per heavy atom. The number of nitrogens with one attached hydrogen (secondary N) is 1. The van der Waals surface area contributed by atoms with Gasteiger partial charge in [-0.3, -0.25) is 4.79 Å². The molecule has 0 saturated carbocycles. The van der Waals surface area contributed by atoms with Gasteiger partial charge in [-0.05, 0) is 49.4 Å². The standard InChI is InChI=1S/C21H25NO3/c1-5-15(3)17-8-6-7-9-19(17)22-20(23)13-25-21(24)18-11-10-14(2)12-16(18)4/h6-12,15H,5,13H2,1-4H3,(H,22,23)/t15-/m0/s1. The molecule has 25 heavy (non-hydrogen) atoms. The van der Waals surface area contributed by atoms with Crippen molar-refractivity contribution in [2.45, 2.75) is 40.0 Å². The second kappa shape index (κ2) is 8.47. The summed E-state index contributed by atoms with van der Waals surface area (Å²) < 4.78 is 5.16. The normalized spacial score (nSPS) is 11.7.